The summed E-state index contributed by atoms with van der Waals surface area (Å²) in [6, 6.07) is 0. The third-order valence-corrected chi connectivity index (χ3v) is 2.66. The van der Waals surface area contributed by atoms with E-state index in [2.05, 4.69) is 10.1 Å². The van der Waals surface area contributed by atoms with E-state index in [4.69, 9.17) is 4.74 Å². The highest BCUT2D eigenvalue weighted by Gasteiger charge is 2.46. The van der Waals surface area contributed by atoms with Gasteiger partial charge in [-0.15, -0.1) is 0 Å². The van der Waals surface area contributed by atoms with Crippen LogP contribution in [0.25, 0.3) is 0 Å². The summed E-state index contributed by atoms with van der Waals surface area (Å²) in [5.74, 6) is -1.29. The van der Waals surface area contributed by atoms with Gasteiger partial charge in [-0.2, -0.15) is 0 Å². The van der Waals surface area contributed by atoms with Crippen molar-refractivity contribution in [3.05, 3.63) is 0 Å². The molecule has 1 fully saturated rings. The third kappa shape index (κ3) is 4.73. The summed E-state index contributed by atoms with van der Waals surface area (Å²) in [5, 5.41) is 2.71. The van der Waals surface area contributed by atoms with E-state index in [1.165, 1.54) is 0 Å². The maximum Gasteiger partial charge on any atom is 0.315 e. The molecule has 0 aromatic rings. The Kier molecular flexibility index (Phi) is 5.12. The highest BCUT2D eigenvalue weighted by atomic mass is 16.5. The van der Waals surface area contributed by atoms with Crippen molar-refractivity contribution in [1.82, 2.24) is 5.32 Å². The third-order valence-electron chi connectivity index (χ3n) is 2.66. The fourth-order valence-electron chi connectivity index (χ4n) is 1.67. The van der Waals surface area contributed by atoms with Gasteiger partial charge in [0.25, 0.3) is 0 Å². The molecule has 6 nitrogen and oxygen atoms in total. The lowest BCUT2D eigenvalue weighted by atomic mass is 10.1. The number of rotatable bonds is 7. The Morgan fingerprint density at radius 3 is 2.11 bits per heavy atom. The molecule has 1 aliphatic rings. The molecule has 1 rings (SSSR count). The zero-order valence-electron chi connectivity index (χ0n) is 10.8. The summed E-state index contributed by atoms with van der Waals surface area (Å²) >= 11 is 0. The number of hydrogen-bond acceptors (Lipinski definition) is 5. The van der Waals surface area contributed by atoms with Gasteiger partial charge in [0.05, 0.1) is 25.2 Å². The molecule has 0 spiro atoms. The van der Waals surface area contributed by atoms with Crippen molar-refractivity contribution < 1.29 is 23.9 Å². The number of nitrogens with one attached hydrogen (secondary N) is 1. The molecule has 1 N–H and O–H groups in total. The molecule has 0 radical (unpaired) electrons. The predicted molar refractivity (Wildman–Crippen MR) is 62.6 cm³/mol. The maximum atomic E-state index is 11.6. The van der Waals surface area contributed by atoms with Gasteiger partial charge >= 0.3 is 11.9 Å². The van der Waals surface area contributed by atoms with E-state index in [0.29, 0.717) is 6.61 Å². The second-order valence-corrected chi connectivity index (χ2v) is 4.29. The van der Waals surface area contributed by atoms with E-state index < -0.39 is 17.4 Å². The molecule has 0 aromatic carbocycles. The number of esters is 2. The van der Waals surface area contributed by atoms with Crippen LogP contribution in [0, 0.1) is 0 Å². The van der Waals surface area contributed by atoms with Crippen LogP contribution >= 0.6 is 0 Å². The SMILES string of the molecule is CCOC(=O)CC(=O)NC1(CC(=O)OCC)CC1. The van der Waals surface area contributed by atoms with Gasteiger partial charge in [-0.3, -0.25) is 14.4 Å². The first-order valence-corrected chi connectivity index (χ1v) is 6.13. The van der Waals surface area contributed by atoms with Gasteiger partial charge in [-0.05, 0) is 26.7 Å². The van der Waals surface area contributed by atoms with Crippen molar-refractivity contribution in [2.24, 2.45) is 0 Å². The van der Waals surface area contributed by atoms with Gasteiger partial charge in [0.2, 0.25) is 5.91 Å². The molecule has 0 aliphatic heterocycles. The lowest BCUT2D eigenvalue weighted by Gasteiger charge is -2.16. The van der Waals surface area contributed by atoms with Crippen molar-refractivity contribution in [1.29, 1.82) is 0 Å². The topological polar surface area (TPSA) is 81.7 Å². The first-order chi connectivity index (χ1) is 8.51. The fraction of sp³-hybridized carbons (Fsp3) is 0.750. The largest absolute Gasteiger partial charge is 0.466 e. The summed E-state index contributed by atoms with van der Waals surface area (Å²) in [4.78, 5) is 34.0. The monoisotopic (exact) mass is 257 g/mol. The Labute approximate surface area is 106 Å². The van der Waals surface area contributed by atoms with Crippen LogP contribution in [-0.2, 0) is 23.9 Å². The van der Waals surface area contributed by atoms with Crippen LogP contribution in [0.2, 0.25) is 0 Å². The standard InChI is InChI=1S/C12H19NO5/c1-3-17-10(15)7-9(14)13-12(5-6-12)8-11(16)18-4-2/h3-8H2,1-2H3,(H,13,14). The van der Waals surface area contributed by atoms with E-state index in [1.54, 1.807) is 13.8 Å². The molecule has 1 amide bonds. The molecule has 1 aliphatic carbocycles. The average molecular weight is 257 g/mol. The lowest BCUT2D eigenvalue weighted by molar-refractivity contribution is -0.146. The zero-order chi connectivity index (χ0) is 13.6. The number of carbonyl (C=O) groups is 3. The Hall–Kier alpha value is -1.59. The summed E-state index contributed by atoms with van der Waals surface area (Å²) < 4.78 is 9.51. The Balaban J connectivity index is 2.34. The van der Waals surface area contributed by atoms with Gasteiger partial charge in [-0.25, -0.2) is 0 Å². The average Bonchev–Trinajstić information content (AvgIpc) is 2.97. The van der Waals surface area contributed by atoms with Crippen molar-refractivity contribution in [2.75, 3.05) is 13.2 Å². The van der Waals surface area contributed by atoms with Gasteiger partial charge in [0.1, 0.15) is 6.42 Å². The normalized spacial score (nSPS) is 15.7. The quantitative estimate of drug-likeness (QED) is 0.532. The summed E-state index contributed by atoms with van der Waals surface area (Å²) in [7, 11) is 0. The van der Waals surface area contributed by atoms with Crippen LogP contribution in [0.15, 0.2) is 0 Å². The minimum Gasteiger partial charge on any atom is -0.466 e. The number of amides is 1. The van der Waals surface area contributed by atoms with Gasteiger partial charge in [-0.1, -0.05) is 0 Å². The van der Waals surface area contributed by atoms with Crippen molar-refractivity contribution >= 4 is 17.8 Å². The van der Waals surface area contributed by atoms with Crippen LogP contribution < -0.4 is 5.32 Å². The maximum absolute atomic E-state index is 11.6. The van der Waals surface area contributed by atoms with Gasteiger partial charge in [0, 0.05) is 0 Å². The number of hydrogen-bond donors (Lipinski definition) is 1. The summed E-state index contributed by atoms with van der Waals surface area (Å²) in [6.07, 6.45) is 1.33. The molecule has 0 heterocycles. The zero-order valence-corrected chi connectivity index (χ0v) is 10.8. The van der Waals surface area contributed by atoms with Crippen LogP contribution in [0.1, 0.15) is 39.5 Å². The van der Waals surface area contributed by atoms with Crippen LogP contribution in [0.4, 0.5) is 0 Å². The van der Waals surface area contributed by atoms with Crippen LogP contribution in [0.3, 0.4) is 0 Å². The lowest BCUT2D eigenvalue weighted by Crippen LogP contribution is -2.39. The Bertz CT molecular complexity index is 335. The molecule has 0 aromatic heterocycles. The molecule has 18 heavy (non-hydrogen) atoms. The smallest absolute Gasteiger partial charge is 0.315 e. The second kappa shape index (κ2) is 6.37. The highest BCUT2D eigenvalue weighted by Crippen LogP contribution is 2.39. The van der Waals surface area contributed by atoms with Crippen molar-refractivity contribution in [2.45, 2.75) is 45.1 Å². The molecular formula is C12H19NO5. The second-order valence-electron chi connectivity index (χ2n) is 4.29. The first kappa shape index (κ1) is 14.5. The molecular weight excluding hydrogens is 238 g/mol. The fourth-order valence-corrected chi connectivity index (χ4v) is 1.67. The number of ether oxygens (including phenoxy) is 2. The van der Waals surface area contributed by atoms with E-state index in [9.17, 15) is 14.4 Å². The van der Waals surface area contributed by atoms with Gasteiger partial charge in [0.15, 0.2) is 0 Å². The van der Waals surface area contributed by atoms with Crippen LogP contribution in [-0.4, -0.2) is 36.6 Å². The Morgan fingerprint density at radius 2 is 1.61 bits per heavy atom. The Morgan fingerprint density at radius 1 is 1.06 bits per heavy atom. The predicted octanol–water partition coefficient (Wildman–Crippen LogP) is 0.542. The highest BCUT2D eigenvalue weighted by molar-refractivity contribution is 5.95. The minimum atomic E-state index is -0.554. The number of carbonyl (C=O) groups excluding carboxylic acids is 3. The molecule has 102 valence electrons. The van der Waals surface area contributed by atoms with Gasteiger partial charge < -0.3 is 14.8 Å². The molecule has 0 bridgehead atoms. The van der Waals surface area contributed by atoms with Crippen molar-refractivity contribution in [3.8, 4) is 0 Å². The molecule has 1 saturated carbocycles. The summed E-state index contributed by atoms with van der Waals surface area (Å²) in [6.45, 7) is 3.99. The van der Waals surface area contributed by atoms with E-state index >= 15 is 0 Å². The minimum absolute atomic E-state index is 0.162. The van der Waals surface area contributed by atoms with Crippen LogP contribution in [0.5, 0.6) is 0 Å². The molecule has 6 heteroatoms. The van der Waals surface area contributed by atoms with E-state index in [-0.39, 0.29) is 25.4 Å². The van der Waals surface area contributed by atoms with E-state index in [1.807, 2.05) is 0 Å². The van der Waals surface area contributed by atoms with E-state index in [0.717, 1.165) is 12.8 Å². The molecule has 0 unspecified atom stereocenters. The molecule has 0 saturated heterocycles. The van der Waals surface area contributed by atoms with Crippen molar-refractivity contribution in [3.63, 3.8) is 0 Å². The first-order valence-electron chi connectivity index (χ1n) is 6.13. The molecule has 0 atom stereocenters. The summed E-state index contributed by atoms with van der Waals surface area (Å²) in [5.41, 5.74) is -0.504.